The van der Waals surface area contributed by atoms with Crippen molar-refractivity contribution in [1.29, 1.82) is 0 Å². The second-order valence-corrected chi connectivity index (χ2v) is 5.88. The van der Waals surface area contributed by atoms with Gasteiger partial charge in [-0.2, -0.15) is 0 Å². The number of hydrogen-bond donors (Lipinski definition) is 1. The highest BCUT2D eigenvalue weighted by Gasteiger charge is 2.40. The van der Waals surface area contributed by atoms with Crippen molar-refractivity contribution in [2.75, 3.05) is 6.61 Å². The van der Waals surface area contributed by atoms with Gasteiger partial charge in [0.25, 0.3) is 0 Å². The fraction of sp³-hybridized carbons (Fsp3) is 0.647. The first-order chi connectivity index (χ1) is 9.07. The summed E-state index contributed by atoms with van der Waals surface area (Å²) < 4.78 is 6.02. The summed E-state index contributed by atoms with van der Waals surface area (Å²) in [6, 6.07) is 6.32. The normalized spacial score (nSPS) is 20.2. The average Bonchev–Trinajstić information content (AvgIpc) is 2.38. The Morgan fingerprint density at radius 3 is 2.21 bits per heavy atom. The zero-order valence-electron chi connectivity index (χ0n) is 12.4. The highest BCUT2D eigenvalue weighted by atomic mass is 16.5. The summed E-state index contributed by atoms with van der Waals surface area (Å²) in [4.78, 5) is 0. The van der Waals surface area contributed by atoms with Gasteiger partial charge in [0.15, 0.2) is 0 Å². The third-order valence-corrected chi connectivity index (χ3v) is 4.19. The van der Waals surface area contributed by atoms with E-state index < -0.39 is 6.10 Å². The van der Waals surface area contributed by atoms with Gasteiger partial charge in [0.05, 0.1) is 5.60 Å². The van der Waals surface area contributed by atoms with Crippen molar-refractivity contribution < 1.29 is 9.84 Å². The Hall–Kier alpha value is -0.860. The molecule has 1 fully saturated rings. The summed E-state index contributed by atoms with van der Waals surface area (Å²) in [7, 11) is 0. The molecule has 0 heterocycles. The summed E-state index contributed by atoms with van der Waals surface area (Å²) in [6.45, 7) is 6.85. The van der Waals surface area contributed by atoms with Crippen LogP contribution in [0.1, 0.15) is 61.8 Å². The predicted molar refractivity (Wildman–Crippen MR) is 78.3 cm³/mol. The van der Waals surface area contributed by atoms with Crippen LogP contribution in [0.3, 0.4) is 0 Å². The van der Waals surface area contributed by atoms with Crippen molar-refractivity contribution in [3.8, 4) is 0 Å². The topological polar surface area (TPSA) is 29.5 Å². The molecule has 1 aliphatic carbocycles. The molecule has 1 atom stereocenters. The Morgan fingerprint density at radius 2 is 1.68 bits per heavy atom. The molecule has 2 rings (SSSR count). The Morgan fingerprint density at radius 1 is 1.11 bits per heavy atom. The molecule has 2 nitrogen and oxygen atoms in total. The van der Waals surface area contributed by atoms with Crippen LogP contribution in [0.15, 0.2) is 18.2 Å². The lowest BCUT2D eigenvalue weighted by atomic mass is 9.77. The van der Waals surface area contributed by atoms with Crippen molar-refractivity contribution in [2.45, 2.75) is 64.6 Å². The van der Waals surface area contributed by atoms with Crippen LogP contribution >= 0.6 is 0 Å². The monoisotopic (exact) mass is 262 g/mol. The molecule has 0 bridgehead atoms. The molecule has 0 radical (unpaired) electrons. The zero-order valence-corrected chi connectivity index (χ0v) is 12.4. The number of ether oxygens (including phenoxy) is 1. The molecule has 0 saturated heterocycles. The van der Waals surface area contributed by atoms with Crippen molar-refractivity contribution in [2.24, 2.45) is 0 Å². The van der Waals surface area contributed by atoms with Gasteiger partial charge in [-0.25, -0.2) is 0 Å². The molecule has 106 valence electrons. The largest absolute Gasteiger partial charge is 0.385 e. The van der Waals surface area contributed by atoms with E-state index in [-0.39, 0.29) is 5.60 Å². The van der Waals surface area contributed by atoms with Gasteiger partial charge in [-0.1, -0.05) is 48.6 Å². The first-order valence-corrected chi connectivity index (χ1v) is 7.47. The van der Waals surface area contributed by atoms with Crippen LogP contribution in [0.2, 0.25) is 0 Å². The quantitative estimate of drug-likeness (QED) is 0.886. The molecular weight excluding hydrogens is 236 g/mol. The Balaban J connectivity index is 2.30. The highest BCUT2D eigenvalue weighted by Crippen LogP contribution is 2.41. The van der Waals surface area contributed by atoms with E-state index >= 15 is 0 Å². The molecule has 2 heteroatoms. The third kappa shape index (κ3) is 3.18. The minimum Gasteiger partial charge on any atom is -0.385 e. The van der Waals surface area contributed by atoms with E-state index in [1.165, 1.54) is 17.5 Å². The molecule has 1 N–H and O–H groups in total. The smallest absolute Gasteiger partial charge is 0.108 e. The molecule has 19 heavy (non-hydrogen) atoms. The van der Waals surface area contributed by atoms with Gasteiger partial charge in [-0.15, -0.1) is 0 Å². The Kier molecular flexibility index (Phi) is 4.64. The summed E-state index contributed by atoms with van der Waals surface area (Å²) in [5.41, 5.74) is 3.05. The van der Waals surface area contributed by atoms with Crippen LogP contribution < -0.4 is 0 Å². The van der Waals surface area contributed by atoms with Gasteiger partial charge in [0, 0.05) is 6.61 Å². The van der Waals surface area contributed by atoms with E-state index in [0.717, 1.165) is 31.2 Å². The number of aryl methyl sites for hydroxylation is 2. The Labute approximate surface area is 116 Å². The van der Waals surface area contributed by atoms with E-state index in [0.29, 0.717) is 6.61 Å². The minimum atomic E-state index is -0.508. The molecule has 1 aromatic carbocycles. The molecule has 1 aliphatic rings. The van der Waals surface area contributed by atoms with Crippen molar-refractivity contribution in [3.63, 3.8) is 0 Å². The van der Waals surface area contributed by atoms with Crippen molar-refractivity contribution >= 4 is 0 Å². The number of hydrogen-bond acceptors (Lipinski definition) is 2. The van der Waals surface area contributed by atoms with Crippen molar-refractivity contribution in [3.05, 3.63) is 34.9 Å². The number of rotatable bonds is 4. The molecule has 1 aromatic rings. The molecule has 0 aromatic heterocycles. The van der Waals surface area contributed by atoms with Gasteiger partial charge in [0.1, 0.15) is 6.10 Å². The van der Waals surface area contributed by atoms with Crippen LogP contribution in [0.5, 0.6) is 0 Å². The third-order valence-electron chi connectivity index (χ3n) is 4.19. The summed E-state index contributed by atoms with van der Waals surface area (Å²) >= 11 is 0. The highest BCUT2D eigenvalue weighted by molar-refractivity contribution is 5.31. The number of aliphatic hydroxyl groups is 1. The maximum absolute atomic E-state index is 10.9. The summed E-state index contributed by atoms with van der Waals surface area (Å²) in [5, 5.41) is 10.9. The van der Waals surface area contributed by atoms with Gasteiger partial charge in [0.2, 0.25) is 0 Å². The standard InChI is InChI=1S/C17H26O2/c1-4-19-17(8-6-5-7-9-17)16(18)15-11-13(2)10-14(3)12-15/h10-12,16,18H,4-9H2,1-3H3. The molecule has 1 unspecified atom stereocenters. The maximum atomic E-state index is 10.9. The number of benzene rings is 1. The zero-order chi connectivity index (χ0) is 13.9. The van der Waals surface area contributed by atoms with Crippen molar-refractivity contribution in [1.82, 2.24) is 0 Å². The first kappa shape index (κ1) is 14.5. The SMILES string of the molecule is CCOC1(C(O)c2cc(C)cc(C)c2)CCCCC1. The summed E-state index contributed by atoms with van der Waals surface area (Å²) in [6.07, 6.45) is 4.99. The van der Waals surface area contributed by atoms with Crippen LogP contribution in [0.4, 0.5) is 0 Å². The van der Waals surface area contributed by atoms with E-state index in [1.54, 1.807) is 0 Å². The predicted octanol–water partition coefficient (Wildman–Crippen LogP) is 4.08. The first-order valence-electron chi connectivity index (χ1n) is 7.47. The minimum absolute atomic E-state index is 0.368. The van der Waals surface area contributed by atoms with Gasteiger partial charge < -0.3 is 9.84 Å². The fourth-order valence-corrected chi connectivity index (χ4v) is 3.41. The van der Waals surface area contributed by atoms with Crippen LogP contribution in [0, 0.1) is 13.8 Å². The van der Waals surface area contributed by atoms with Gasteiger partial charge >= 0.3 is 0 Å². The molecule has 0 spiro atoms. The fourth-order valence-electron chi connectivity index (χ4n) is 3.41. The van der Waals surface area contributed by atoms with E-state index in [2.05, 4.69) is 32.0 Å². The van der Waals surface area contributed by atoms with Crippen LogP contribution in [-0.2, 0) is 4.74 Å². The van der Waals surface area contributed by atoms with Crippen LogP contribution in [-0.4, -0.2) is 17.3 Å². The second-order valence-electron chi connectivity index (χ2n) is 5.88. The maximum Gasteiger partial charge on any atom is 0.108 e. The Bertz CT molecular complexity index is 394. The lowest BCUT2D eigenvalue weighted by Gasteiger charge is -2.41. The number of aliphatic hydroxyl groups excluding tert-OH is 1. The lowest BCUT2D eigenvalue weighted by molar-refractivity contribution is -0.141. The molecular formula is C17H26O2. The van der Waals surface area contributed by atoms with E-state index in [1.807, 2.05) is 6.92 Å². The molecule has 0 amide bonds. The summed E-state index contributed by atoms with van der Waals surface area (Å²) in [5.74, 6) is 0. The van der Waals surface area contributed by atoms with Gasteiger partial charge in [-0.05, 0) is 39.2 Å². The second kappa shape index (κ2) is 6.06. The molecule has 1 saturated carbocycles. The van der Waals surface area contributed by atoms with E-state index in [9.17, 15) is 5.11 Å². The van der Waals surface area contributed by atoms with Gasteiger partial charge in [-0.3, -0.25) is 0 Å². The molecule has 0 aliphatic heterocycles. The van der Waals surface area contributed by atoms with Crippen LogP contribution in [0.25, 0.3) is 0 Å². The van der Waals surface area contributed by atoms with E-state index in [4.69, 9.17) is 4.74 Å². The average molecular weight is 262 g/mol. The lowest BCUT2D eigenvalue weighted by Crippen LogP contribution is -2.41.